The highest BCUT2D eigenvalue weighted by Gasteiger charge is 2.16. The number of pyridine rings is 1. The number of ether oxygens (including phenoxy) is 1. The first-order valence-corrected chi connectivity index (χ1v) is 11.0. The minimum atomic E-state index is -0.256. The summed E-state index contributed by atoms with van der Waals surface area (Å²) in [6.45, 7) is 0. The normalized spacial score (nSPS) is 14.2. The largest absolute Gasteiger partial charge is 0.490 e. The molecule has 0 radical (unpaired) electrons. The summed E-state index contributed by atoms with van der Waals surface area (Å²) < 4.78 is 6.23. The summed E-state index contributed by atoms with van der Waals surface area (Å²) in [6, 6.07) is 19.3. The van der Waals surface area contributed by atoms with Gasteiger partial charge in [0.05, 0.1) is 22.9 Å². The average molecular weight is 425 g/mol. The van der Waals surface area contributed by atoms with Crippen LogP contribution in [0.4, 0.5) is 5.82 Å². The van der Waals surface area contributed by atoms with Gasteiger partial charge in [0, 0.05) is 17.1 Å². The zero-order chi connectivity index (χ0) is 21.8. The van der Waals surface area contributed by atoms with Crippen LogP contribution in [0.5, 0.6) is 5.75 Å². The van der Waals surface area contributed by atoms with E-state index in [1.54, 1.807) is 18.3 Å². The summed E-state index contributed by atoms with van der Waals surface area (Å²) in [5.74, 6) is 1.06. The van der Waals surface area contributed by atoms with E-state index in [1.165, 1.54) is 25.6 Å². The predicted molar refractivity (Wildman–Crippen MR) is 125 cm³/mol. The van der Waals surface area contributed by atoms with Crippen molar-refractivity contribution in [1.29, 1.82) is 0 Å². The van der Waals surface area contributed by atoms with Gasteiger partial charge in [0.1, 0.15) is 17.9 Å². The number of aromatic nitrogens is 3. The van der Waals surface area contributed by atoms with Crippen LogP contribution in [0.15, 0.2) is 73.2 Å². The number of nitrogens with one attached hydrogen (secondary N) is 1. The minimum Gasteiger partial charge on any atom is -0.490 e. The maximum Gasteiger partial charge on any atom is 0.259 e. The molecule has 160 valence electrons. The molecular weight excluding hydrogens is 400 g/mol. The summed E-state index contributed by atoms with van der Waals surface area (Å²) in [5.41, 5.74) is 2.91. The van der Waals surface area contributed by atoms with Crippen LogP contribution in [0.2, 0.25) is 0 Å². The van der Waals surface area contributed by atoms with Crippen LogP contribution >= 0.6 is 0 Å². The van der Waals surface area contributed by atoms with Gasteiger partial charge in [0.15, 0.2) is 0 Å². The summed E-state index contributed by atoms with van der Waals surface area (Å²) in [7, 11) is 0. The van der Waals surface area contributed by atoms with Crippen LogP contribution in [0.25, 0.3) is 22.2 Å². The number of hydrogen-bond acceptors (Lipinski definition) is 5. The topological polar surface area (TPSA) is 77.0 Å². The minimum absolute atomic E-state index is 0.256. The van der Waals surface area contributed by atoms with Gasteiger partial charge in [-0.25, -0.2) is 15.0 Å². The SMILES string of the molecule is O=C(Nc1ccncn1)c1cccc2ccc(-c3cccc(OC4CCCCC4)c3)nc12. The van der Waals surface area contributed by atoms with Gasteiger partial charge in [0.2, 0.25) is 0 Å². The molecule has 2 aromatic heterocycles. The number of benzene rings is 2. The molecule has 5 rings (SSSR count). The smallest absolute Gasteiger partial charge is 0.259 e. The number of rotatable bonds is 5. The molecule has 0 spiro atoms. The number of para-hydroxylation sites is 1. The number of carbonyl (C=O) groups excluding carboxylic acids is 1. The Morgan fingerprint density at radius 3 is 2.69 bits per heavy atom. The van der Waals surface area contributed by atoms with Gasteiger partial charge in [-0.15, -0.1) is 0 Å². The Balaban J connectivity index is 1.45. The highest BCUT2D eigenvalue weighted by atomic mass is 16.5. The van der Waals surface area contributed by atoms with Gasteiger partial charge in [-0.3, -0.25) is 4.79 Å². The third-order valence-electron chi connectivity index (χ3n) is 5.77. The molecule has 2 aromatic carbocycles. The first-order chi connectivity index (χ1) is 15.8. The lowest BCUT2D eigenvalue weighted by Gasteiger charge is -2.23. The second-order valence-electron chi connectivity index (χ2n) is 8.03. The van der Waals surface area contributed by atoms with Crippen molar-refractivity contribution < 1.29 is 9.53 Å². The Bertz CT molecular complexity index is 1240. The fourth-order valence-corrected chi connectivity index (χ4v) is 4.14. The predicted octanol–water partition coefficient (Wildman–Crippen LogP) is 5.66. The van der Waals surface area contributed by atoms with Gasteiger partial charge in [-0.05, 0) is 56.0 Å². The lowest BCUT2D eigenvalue weighted by molar-refractivity contribution is 0.102. The molecule has 32 heavy (non-hydrogen) atoms. The summed E-state index contributed by atoms with van der Waals surface area (Å²) >= 11 is 0. The Morgan fingerprint density at radius 1 is 0.969 bits per heavy atom. The van der Waals surface area contributed by atoms with Crippen LogP contribution in [-0.4, -0.2) is 27.0 Å². The molecule has 0 bridgehead atoms. The van der Waals surface area contributed by atoms with Crippen LogP contribution in [-0.2, 0) is 0 Å². The average Bonchev–Trinajstić information content (AvgIpc) is 2.85. The first kappa shape index (κ1) is 20.1. The molecule has 1 saturated carbocycles. The van der Waals surface area contributed by atoms with Gasteiger partial charge >= 0.3 is 0 Å². The van der Waals surface area contributed by atoms with Crippen LogP contribution in [0, 0.1) is 0 Å². The molecule has 6 nitrogen and oxygen atoms in total. The van der Waals surface area contributed by atoms with E-state index in [4.69, 9.17) is 9.72 Å². The lowest BCUT2D eigenvalue weighted by Crippen LogP contribution is -2.19. The molecule has 1 amide bonds. The highest BCUT2D eigenvalue weighted by Crippen LogP contribution is 2.28. The van der Waals surface area contributed by atoms with E-state index in [9.17, 15) is 4.79 Å². The number of fused-ring (bicyclic) bond motifs is 1. The zero-order valence-electron chi connectivity index (χ0n) is 17.7. The number of anilines is 1. The molecule has 4 aromatic rings. The molecule has 0 unspecified atom stereocenters. The molecule has 1 aliphatic carbocycles. The van der Waals surface area contributed by atoms with Crippen molar-refractivity contribution in [3.8, 4) is 17.0 Å². The second kappa shape index (κ2) is 9.14. The summed E-state index contributed by atoms with van der Waals surface area (Å²) in [5, 5.41) is 3.72. The molecule has 0 aliphatic heterocycles. The highest BCUT2D eigenvalue weighted by molar-refractivity contribution is 6.11. The van der Waals surface area contributed by atoms with Crippen LogP contribution in [0.1, 0.15) is 42.5 Å². The first-order valence-electron chi connectivity index (χ1n) is 11.0. The molecule has 0 atom stereocenters. The molecule has 1 N–H and O–H groups in total. The number of carbonyl (C=O) groups is 1. The second-order valence-corrected chi connectivity index (χ2v) is 8.03. The summed E-state index contributed by atoms with van der Waals surface area (Å²) in [4.78, 5) is 25.7. The van der Waals surface area contributed by atoms with Crippen LogP contribution < -0.4 is 10.1 Å². The Hall–Kier alpha value is -3.80. The van der Waals surface area contributed by atoms with E-state index in [1.807, 2.05) is 48.5 Å². The molecule has 2 heterocycles. The molecule has 0 saturated heterocycles. The Kier molecular flexibility index (Phi) is 5.75. The van der Waals surface area contributed by atoms with Gasteiger partial charge in [-0.2, -0.15) is 0 Å². The van der Waals surface area contributed by atoms with Crippen molar-refractivity contribution >= 4 is 22.6 Å². The zero-order valence-corrected chi connectivity index (χ0v) is 17.7. The number of amides is 1. The van der Waals surface area contributed by atoms with Gasteiger partial charge in [-0.1, -0.05) is 36.8 Å². The Morgan fingerprint density at radius 2 is 1.84 bits per heavy atom. The van der Waals surface area contributed by atoms with Crippen molar-refractivity contribution in [1.82, 2.24) is 15.0 Å². The molecular formula is C26H24N4O2. The monoisotopic (exact) mass is 424 g/mol. The number of hydrogen-bond donors (Lipinski definition) is 1. The van der Waals surface area contributed by atoms with Crippen molar-refractivity contribution in [3.05, 3.63) is 78.8 Å². The summed E-state index contributed by atoms with van der Waals surface area (Å²) in [6.07, 6.45) is 9.27. The maximum absolute atomic E-state index is 12.9. The lowest BCUT2D eigenvalue weighted by atomic mass is 9.98. The van der Waals surface area contributed by atoms with Crippen molar-refractivity contribution in [3.63, 3.8) is 0 Å². The molecule has 6 heteroatoms. The van der Waals surface area contributed by atoms with E-state index < -0.39 is 0 Å². The number of nitrogens with zero attached hydrogens (tertiary/aromatic N) is 3. The van der Waals surface area contributed by atoms with E-state index in [2.05, 4.69) is 15.3 Å². The third-order valence-corrected chi connectivity index (χ3v) is 5.77. The third kappa shape index (κ3) is 4.44. The quantitative estimate of drug-likeness (QED) is 0.448. The maximum atomic E-state index is 12.9. The fraction of sp³-hybridized carbons (Fsp3) is 0.231. The Labute approximate surface area is 186 Å². The van der Waals surface area contributed by atoms with Crippen molar-refractivity contribution in [2.75, 3.05) is 5.32 Å². The standard InChI is InChI=1S/C26H24N4O2/c31-26(30-24-14-15-27-17-28-24)22-11-5-6-18-12-13-23(29-25(18)22)19-7-4-10-21(16-19)32-20-8-2-1-3-9-20/h4-7,10-17,20H,1-3,8-9H2,(H,27,28,30,31). The fourth-order valence-electron chi connectivity index (χ4n) is 4.14. The van der Waals surface area contributed by atoms with E-state index in [0.717, 1.165) is 35.2 Å². The van der Waals surface area contributed by atoms with Crippen LogP contribution in [0.3, 0.4) is 0 Å². The molecule has 1 fully saturated rings. The van der Waals surface area contributed by atoms with Crippen molar-refractivity contribution in [2.24, 2.45) is 0 Å². The van der Waals surface area contributed by atoms with Crippen molar-refractivity contribution in [2.45, 2.75) is 38.2 Å². The van der Waals surface area contributed by atoms with E-state index in [-0.39, 0.29) is 5.91 Å². The van der Waals surface area contributed by atoms with E-state index >= 15 is 0 Å². The van der Waals surface area contributed by atoms with Gasteiger partial charge in [0.25, 0.3) is 5.91 Å². The van der Waals surface area contributed by atoms with Gasteiger partial charge < -0.3 is 10.1 Å². The van der Waals surface area contributed by atoms with E-state index in [0.29, 0.717) is 23.0 Å². The molecule has 1 aliphatic rings.